The molecular weight excluding hydrogens is 408 g/mol. The van der Waals surface area contributed by atoms with Gasteiger partial charge in [0.15, 0.2) is 9.84 Å². The summed E-state index contributed by atoms with van der Waals surface area (Å²) < 4.78 is 25.9. The number of anilines is 2. The summed E-state index contributed by atoms with van der Waals surface area (Å²) >= 11 is 1.52. The molecule has 2 amide bonds. The van der Waals surface area contributed by atoms with Crippen molar-refractivity contribution in [2.75, 3.05) is 28.3 Å². The third kappa shape index (κ3) is 4.04. The molecule has 1 N–H and O–H groups in total. The molecule has 0 saturated carbocycles. The predicted octanol–water partition coefficient (Wildman–Crippen LogP) is 3.12. The first-order chi connectivity index (χ1) is 13.8. The van der Waals surface area contributed by atoms with Crippen molar-refractivity contribution in [1.29, 1.82) is 0 Å². The van der Waals surface area contributed by atoms with Gasteiger partial charge in [-0.3, -0.25) is 9.59 Å². The average Bonchev–Trinajstić information content (AvgIpc) is 3.02. The van der Waals surface area contributed by atoms with E-state index in [1.807, 2.05) is 24.3 Å². The Labute approximate surface area is 174 Å². The first-order valence-electron chi connectivity index (χ1n) is 9.54. The zero-order valence-corrected chi connectivity index (χ0v) is 17.7. The van der Waals surface area contributed by atoms with Gasteiger partial charge in [0, 0.05) is 35.2 Å². The summed E-state index contributed by atoms with van der Waals surface area (Å²) in [6, 6.07) is 12.5. The second-order valence-corrected chi connectivity index (χ2v) is 10.5. The standard InChI is InChI=1S/C21H22N2O4S2/c1-14(21(25)23-10-8-15-4-2-3-5-18(15)23)13-29(26,27)16-6-7-19-17(12-16)22-20(24)9-11-28-19/h2-7,12,14H,8-11,13H2,1H3,(H,22,24). The van der Waals surface area contributed by atoms with Gasteiger partial charge in [-0.15, -0.1) is 11.8 Å². The molecule has 0 radical (unpaired) electrons. The number of rotatable bonds is 4. The minimum absolute atomic E-state index is 0.123. The van der Waals surface area contributed by atoms with Crippen LogP contribution in [0.25, 0.3) is 0 Å². The molecule has 2 aliphatic rings. The van der Waals surface area contributed by atoms with Gasteiger partial charge in [0.2, 0.25) is 11.8 Å². The molecule has 0 aromatic heterocycles. The highest BCUT2D eigenvalue weighted by Crippen LogP contribution is 2.34. The van der Waals surface area contributed by atoms with Gasteiger partial charge in [-0.2, -0.15) is 0 Å². The lowest BCUT2D eigenvalue weighted by Crippen LogP contribution is -2.36. The van der Waals surface area contributed by atoms with E-state index in [4.69, 9.17) is 0 Å². The molecule has 8 heteroatoms. The number of nitrogens with zero attached hydrogens (tertiary/aromatic N) is 1. The summed E-state index contributed by atoms with van der Waals surface area (Å²) in [5.41, 5.74) is 2.49. The van der Waals surface area contributed by atoms with E-state index < -0.39 is 15.8 Å². The number of sulfone groups is 1. The number of thioether (sulfide) groups is 1. The van der Waals surface area contributed by atoms with Crippen LogP contribution in [0.2, 0.25) is 0 Å². The average molecular weight is 431 g/mol. The molecule has 1 unspecified atom stereocenters. The van der Waals surface area contributed by atoms with E-state index in [0.29, 0.717) is 24.4 Å². The van der Waals surface area contributed by atoms with Crippen LogP contribution in [0.5, 0.6) is 0 Å². The fourth-order valence-electron chi connectivity index (χ4n) is 3.72. The Kier molecular flexibility index (Phi) is 5.40. The number of benzene rings is 2. The zero-order chi connectivity index (χ0) is 20.6. The number of amides is 2. The Bertz CT molecular complexity index is 1080. The summed E-state index contributed by atoms with van der Waals surface area (Å²) in [6.07, 6.45) is 1.17. The van der Waals surface area contributed by atoms with Crippen LogP contribution < -0.4 is 10.2 Å². The van der Waals surface area contributed by atoms with Crippen molar-refractivity contribution >= 4 is 44.8 Å². The molecular formula is C21H22N2O4S2. The summed E-state index contributed by atoms with van der Waals surface area (Å²) in [5, 5.41) is 2.77. The Morgan fingerprint density at radius 1 is 1.21 bits per heavy atom. The van der Waals surface area contributed by atoms with Gasteiger partial charge in [0.1, 0.15) is 0 Å². The van der Waals surface area contributed by atoms with Gasteiger partial charge in [-0.25, -0.2) is 8.42 Å². The number of fused-ring (bicyclic) bond motifs is 2. The molecule has 2 aromatic rings. The van der Waals surface area contributed by atoms with Crippen molar-refractivity contribution in [1.82, 2.24) is 0 Å². The maximum Gasteiger partial charge on any atom is 0.230 e. The fraction of sp³-hybridized carbons (Fsp3) is 0.333. The van der Waals surface area contributed by atoms with Gasteiger partial charge in [-0.1, -0.05) is 25.1 Å². The van der Waals surface area contributed by atoms with E-state index in [-0.39, 0.29) is 22.5 Å². The molecule has 4 rings (SSSR count). The first kappa shape index (κ1) is 20.0. The van der Waals surface area contributed by atoms with Gasteiger partial charge >= 0.3 is 0 Å². The highest BCUT2D eigenvalue weighted by Gasteiger charge is 2.31. The topological polar surface area (TPSA) is 83.5 Å². The molecule has 2 heterocycles. The lowest BCUT2D eigenvalue weighted by Gasteiger charge is -2.22. The number of carbonyl (C=O) groups is 2. The van der Waals surface area contributed by atoms with Gasteiger partial charge in [0.05, 0.1) is 16.3 Å². The molecule has 2 aliphatic heterocycles. The highest BCUT2D eigenvalue weighted by molar-refractivity contribution is 7.99. The van der Waals surface area contributed by atoms with Crippen molar-refractivity contribution in [2.45, 2.75) is 29.6 Å². The minimum atomic E-state index is -3.68. The fourth-order valence-corrected chi connectivity index (χ4v) is 6.23. The normalized spacial score (nSPS) is 17.1. The molecule has 0 spiro atoms. The molecule has 0 bridgehead atoms. The van der Waals surface area contributed by atoms with Crippen LogP contribution in [0.3, 0.4) is 0 Å². The maximum absolute atomic E-state index is 13.0. The summed E-state index contributed by atoms with van der Waals surface area (Å²) in [7, 11) is -3.68. The molecule has 0 aliphatic carbocycles. The van der Waals surface area contributed by atoms with Crippen LogP contribution in [0.15, 0.2) is 52.3 Å². The molecule has 29 heavy (non-hydrogen) atoms. The van der Waals surface area contributed by atoms with Crippen LogP contribution in [0.4, 0.5) is 11.4 Å². The van der Waals surface area contributed by atoms with Crippen molar-refractivity contribution in [3.8, 4) is 0 Å². The largest absolute Gasteiger partial charge is 0.325 e. The van der Waals surface area contributed by atoms with E-state index in [2.05, 4.69) is 5.32 Å². The van der Waals surface area contributed by atoms with Crippen molar-refractivity contribution in [3.05, 3.63) is 48.0 Å². The van der Waals surface area contributed by atoms with Gasteiger partial charge < -0.3 is 10.2 Å². The third-order valence-electron chi connectivity index (χ3n) is 5.22. The summed E-state index contributed by atoms with van der Waals surface area (Å²) in [5.74, 6) is -0.592. The second kappa shape index (κ2) is 7.84. The zero-order valence-electron chi connectivity index (χ0n) is 16.1. The lowest BCUT2D eigenvalue weighted by molar-refractivity contribution is -0.121. The van der Waals surface area contributed by atoms with Crippen LogP contribution >= 0.6 is 11.8 Å². The summed E-state index contributed by atoms with van der Waals surface area (Å²) in [6.45, 7) is 2.23. The number of para-hydroxylation sites is 1. The minimum Gasteiger partial charge on any atom is -0.325 e. The first-order valence-corrected chi connectivity index (χ1v) is 12.2. The molecule has 152 valence electrons. The number of hydrogen-bond acceptors (Lipinski definition) is 5. The predicted molar refractivity (Wildman–Crippen MR) is 114 cm³/mol. The molecule has 0 fully saturated rings. The van der Waals surface area contributed by atoms with Crippen molar-refractivity contribution < 1.29 is 18.0 Å². The van der Waals surface area contributed by atoms with Crippen LogP contribution in [0, 0.1) is 5.92 Å². The van der Waals surface area contributed by atoms with E-state index in [1.54, 1.807) is 24.0 Å². The second-order valence-electron chi connectivity index (χ2n) is 7.36. The molecule has 2 aromatic carbocycles. The van der Waals surface area contributed by atoms with E-state index in [1.165, 1.54) is 17.8 Å². The van der Waals surface area contributed by atoms with Crippen LogP contribution in [0.1, 0.15) is 18.9 Å². The smallest absolute Gasteiger partial charge is 0.230 e. The van der Waals surface area contributed by atoms with Crippen LogP contribution in [-0.2, 0) is 25.8 Å². The van der Waals surface area contributed by atoms with Gasteiger partial charge in [0.25, 0.3) is 0 Å². The van der Waals surface area contributed by atoms with Crippen LogP contribution in [-0.4, -0.2) is 38.3 Å². The van der Waals surface area contributed by atoms with E-state index in [9.17, 15) is 18.0 Å². The Hall–Kier alpha value is -2.32. The quantitative estimate of drug-likeness (QED) is 0.806. The summed E-state index contributed by atoms with van der Waals surface area (Å²) in [4.78, 5) is 27.4. The van der Waals surface area contributed by atoms with Crippen molar-refractivity contribution in [3.63, 3.8) is 0 Å². The molecule has 6 nitrogen and oxygen atoms in total. The molecule has 0 saturated heterocycles. The highest BCUT2D eigenvalue weighted by atomic mass is 32.2. The Balaban J connectivity index is 1.53. The lowest BCUT2D eigenvalue weighted by atomic mass is 10.1. The van der Waals surface area contributed by atoms with E-state index >= 15 is 0 Å². The Morgan fingerprint density at radius 3 is 2.83 bits per heavy atom. The van der Waals surface area contributed by atoms with Crippen molar-refractivity contribution in [2.24, 2.45) is 5.92 Å². The monoisotopic (exact) mass is 430 g/mol. The van der Waals surface area contributed by atoms with E-state index in [0.717, 1.165) is 22.6 Å². The number of hydrogen-bond donors (Lipinski definition) is 1. The Morgan fingerprint density at radius 2 is 2.00 bits per heavy atom. The number of nitrogens with one attached hydrogen (secondary N) is 1. The third-order valence-corrected chi connectivity index (χ3v) is 8.20. The van der Waals surface area contributed by atoms with Gasteiger partial charge in [-0.05, 0) is 36.2 Å². The molecule has 1 atom stereocenters. The maximum atomic E-state index is 13.0. The number of carbonyl (C=O) groups excluding carboxylic acids is 2. The SMILES string of the molecule is CC(CS(=O)(=O)c1ccc2c(c1)NC(=O)CCS2)C(=O)N1CCc2ccccc21.